The molecule has 0 saturated heterocycles. The fraction of sp³-hybridized carbons (Fsp3) is 0.462. The van der Waals surface area contributed by atoms with Crippen LogP contribution < -0.4 is 4.57 Å². The van der Waals surface area contributed by atoms with Gasteiger partial charge < -0.3 is 0 Å². The zero-order chi connectivity index (χ0) is 18.5. The van der Waals surface area contributed by atoms with Crippen LogP contribution in [0.1, 0.15) is 12.7 Å². The third kappa shape index (κ3) is 3.08. The summed E-state index contributed by atoms with van der Waals surface area (Å²) in [7, 11) is -5.58. The van der Waals surface area contributed by atoms with Crippen LogP contribution >= 0.6 is 0 Å². The van der Waals surface area contributed by atoms with E-state index in [0.717, 1.165) is 16.7 Å². The number of sulfone groups is 1. The fourth-order valence-corrected chi connectivity index (χ4v) is 3.30. The Balaban J connectivity index is 2.75. The Morgan fingerprint density at radius 1 is 1.12 bits per heavy atom. The number of benzene rings is 1. The lowest BCUT2D eigenvalue weighted by Crippen LogP contribution is -2.43. The molecule has 2 rings (SSSR count). The predicted molar refractivity (Wildman–Crippen MR) is 71.8 cm³/mol. The molecule has 0 N–H and O–H groups in total. The molecule has 1 aromatic heterocycles. The van der Waals surface area contributed by atoms with Crippen LogP contribution in [0.4, 0.5) is 26.3 Å². The highest BCUT2D eigenvalue weighted by molar-refractivity contribution is 7.92. The van der Waals surface area contributed by atoms with Crippen molar-refractivity contribution in [3.63, 3.8) is 0 Å². The van der Waals surface area contributed by atoms with E-state index >= 15 is 0 Å². The number of rotatable bonds is 3. The molecular weight excluding hydrogens is 362 g/mol. The molecule has 0 saturated carbocycles. The van der Waals surface area contributed by atoms with E-state index in [9.17, 15) is 34.8 Å². The van der Waals surface area contributed by atoms with Gasteiger partial charge in [0.15, 0.2) is 17.6 Å². The molecule has 0 aliphatic heterocycles. The molecule has 0 amide bonds. The Morgan fingerprint density at radius 3 is 2.17 bits per heavy atom. The maximum atomic E-state index is 12.7. The number of aromatic nitrogens is 2. The Morgan fingerprint density at radius 2 is 1.71 bits per heavy atom. The first-order chi connectivity index (χ1) is 10.8. The van der Waals surface area contributed by atoms with Crippen molar-refractivity contribution < 1.29 is 39.3 Å². The van der Waals surface area contributed by atoms with Gasteiger partial charge in [-0.2, -0.15) is 26.3 Å². The molecule has 0 atom stereocenters. The molecular formula is C13H13F6N2O2S+. The molecule has 1 aromatic carbocycles. The molecule has 24 heavy (non-hydrogen) atoms. The van der Waals surface area contributed by atoms with Crippen molar-refractivity contribution in [1.29, 1.82) is 0 Å². The number of hydrogen-bond acceptors (Lipinski definition) is 2. The molecule has 2 aromatic rings. The monoisotopic (exact) mass is 375 g/mol. The first kappa shape index (κ1) is 18.6. The van der Waals surface area contributed by atoms with Gasteiger partial charge in [-0.1, -0.05) is 0 Å². The van der Waals surface area contributed by atoms with Gasteiger partial charge in [0.05, 0.1) is 11.4 Å². The standard InChI is InChI=1S/C13H13F6N2O2S/c1-3-20-8(2)21(7-12(14,15)16)10-5-4-9(6-11(10)20)24(22,23)13(17,18)19/h4-6H,3,7H2,1-2H3/q+1. The topological polar surface area (TPSA) is 43.0 Å². The highest BCUT2D eigenvalue weighted by Crippen LogP contribution is 2.32. The maximum Gasteiger partial charge on any atom is 0.501 e. The molecule has 0 radical (unpaired) electrons. The van der Waals surface area contributed by atoms with Crippen LogP contribution in [0.2, 0.25) is 0 Å². The number of alkyl halides is 6. The Bertz CT molecular complexity index is 880. The number of imidazole rings is 1. The van der Waals surface area contributed by atoms with Crippen molar-refractivity contribution in [2.24, 2.45) is 0 Å². The van der Waals surface area contributed by atoms with Crippen molar-refractivity contribution in [2.75, 3.05) is 0 Å². The van der Waals surface area contributed by atoms with Gasteiger partial charge >= 0.3 is 11.7 Å². The summed E-state index contributed by atoms with van der Waals surface area (Å²) in [4.78, 5) is -1.01. The zero-order valence-corrected chi connectivity index (χ0v) is 13.3. The van der Waals surface area contributed by atoms with E-state index in [1.54, 1.807) is 6.92 Å². The summed E-state index contributed by atoms with van der Waals surface area (Å²) in [6.07, 6.45) is -4.53. The van der Waals surface area contributed by atoms with Gasteiger partial charge in [-0.3, -0.25) is 0 Å². The van der Waals surface area contributed by atoms with Crippen LogP contribution in [0.5, 0.6) is 0 Å². The minimum Gasteiger partial charge on any atom is -0.228 e. The third-order valence-corrected chi connectivity index (χ3v) is 5.06. The highest BCUT2D eigenvalue weighted by Gasteiger charge is 2.47. The van der Waals surface area contributed by atoms with Gasteiger partial charge in [-0.05, 0) is 19.1 Å². The van der Waals surface area contributed by atoms with Crippen LogP contribution in [0.3, 0.4) is 0 Å². The van der Waals surface area contributed by atoms with Crippen molar-refractivity contribution >= 4 is 20.9 Å². The quantitative estimate of drug-likeness (QED) is 0.611. The first-order valence-electron chi connectivity index (χ1n) is 6.70. The zero-order valence-electron chi connectivity index (χ0n) is 12.5. The van der Waals surface area contributed by atoms with Gasteiger partial charge in [0.1, 0.15) is 0 Å². The molecule has 0 aliphatic rings. The van der Waals surface area contributed by atoms with Gasteiger partial charge in [-0.25, -0.2) is 17.6 Å². The lowest BCUT2D eigenvalue weighted by Gasteiger charge is -2.07. The van der Waals surface area contributed by atoms with E-state index in [1.807, 2.05) is 0 Å². The lowest BCUT2D eigenvalue weighted by atomic mass is 10.3. The van der Waals surface area contributed by atoms with Crippen LogP contribution in [0, 0.1) is 6.92 Å². The number of fused-ring (bicyclic) bond motifs is 1. The average molecular weight is 375 g/mol. The van der Waals surface area contributed by atoms with Crippen molar-refractivity contribution in [3.05, 3.63) is 24.0 Å². The third-order valence-electron chi connectivity index (χ3n) is 3.58. The Kier molecular flexibility index (Phi) is 4.36. The molecule has 134 valence electrons. The second-order valence-corrected chi connectivity index (χ2v) is 7.03. The summed E-state index contributed by atoms with van der Waals surface area (Å²) in [5.74, 6) is 0.159. The van der Waals surface area contributed by atoms with E-state index in [1.165, 1.54) is 11.5 Å². The summed E-state index contributed by atoms with van der Waals surface area (Å²) >= 11 is 0. The number of aryl methyl sites for hydroxylation is 1. The number of hydrogen-bond donors (Lipinski definition) is 0. The van der Waals surface area contributed by atoms with Crippen molar-refractivity contribution in [1.82, 2.24) is 4.57 Å². The van der Waals surface area contributed by atoms with Crippen LogP contribution in [-0.4, -0.2) is 24.7 Å². The number of nitrogens with zero attached hydrogens (tertiary/aromatic N) is 2. The van der Waals surface area contributed by atoms with Gasteiger partial charge in [0, 0.05) is 13.0 Å². The summed E-state index contributed by atoms with van der Waals surface area (Å²) in [6.45, 7) is 1.82. The normalized spacial score (nSPS) is 13.7. The Labute approximate surface area is 133 Å². The second-order valence-electron chi connectivity index (χ2n) is 5.09. The van der Waals surface area contributed by atoms with Gasteiger partial charge in [0.25, 0.3) is 15.7 Å². The molecule has 0 unspecified atom stereocenters. The van der Waals surface area contributed by atoms with Crippen LogP contribution in [-0.2, 0) is 22.9 Å². The second kappa shape index (κ2) is 5.64. The fourth-order valence-electron chi connectivity index (χ4n) is 2.52. The maximum absolute atomic E-state index is 12.7. The first-order valence-corrected chi connectivity index (χ1v) is 8.18. The highest BCUT2D eigenvalue weighted by atomic mass is 32.2. The molecule has 0 aliphatic carbocycles. The van der Waals surface area contributed by atoms with Gasteiger partial charge in [0.2, 0.25) is 0 Å². The van der Waals surface area contributed by atoms with Crippen molar-refractivity contribution in [2.45, 2.75) is 43.5 Å². The van der Waals surface area contributed by atoms with E-state index in [2.05, 4.69) is 0 Å². The van der Waals surface area contributed by atoms with E-state index < -0.39 is 33.0 Å². The summed E-state index contributed by atoms with van der Waals surface area (Å²) in [6, 6.07) is 2.37. The number of halogens is 6. The van der Waals surface area contributed by atoms with Crippen molar-refractivity contribution in [3.8, 4) is 0 Å². The van der Waals surface area contributed by atoms with E-state index in [4.69, 9.17) is 0 Å². The lowest BCUT2D eigenvalue weighted by molar-refractivity contribution is -0.702. The molecule has 11 heteroatoms. The summed E-state index contributed by atoms with van der Waals surface area (Å²) < 4.78 is 101. The smallest absolute Gasteiger partial charge is 0.228 e. The SMILES string of the molecule is CCn1c(C)[n+](CC(F)(F)F)c2ccc(S(=O)(=O)C(F)(F)F)cc21. The molecule has 0 spiro atoms. The summed E-state index contributed by atoms with van der Waals surface area (Å²) in [5.41, 5.74) is -5.49. The minimum absolute atomic E-state index is 0.00722. The Hall–Kier alpha value is -1.78. The van der Waals surface area contributed by atoms with Crippen LogP contribution in [0.25, 0.3) is 11.0 Å². The van der Waals surface area contributed by atoms with E-state index in [0.29, 0.717) is 6.07 Å². The average Bonchev–Trinajstić information content (AvgIpc) is 2.67. The largest absolute Gasteiger partial charge is 0.501 e. The molecule has 1 heterocycles. The van der Waals surface area contributed by atoms with Gasteiger partial charge in [-0.15, -0.1) is 0 Å². The summed E-state index contributed by atoms with van der Waals surface area (Å²) in [5, 5.41) is 0. The van der Waals surface area contributed by atoms with E-state index in [-0.39, 0.29) is 23.4 Å². The van der Waals surface area contributed by atoms with Crippen LogP contribution in [0.15, 0.2) is 23.1 Å². The molecule has 0 bridgehead atoms. The molecule has 4 nitrogen and oxygen atoms in total. The molecule has 0 fully saturated rings. The predicted octanol–water partition coefficient (Wildman–Crippen LogP) is 3.11. The minimum atomic E-state index is -5.58.